The molecule has 1 fully saturated rings. The van der Waals surface area contributed by atoms with E-state index in [1.165, 1.54) is 4.90 Å². The molecule has 0 aliphatic carbocycles. The van der Waals surface area contributed by atoms with Crippen LogP contribution in [0.4, 0.5) is 13.2 Å². The van der Waals surface area contributed by atoms with Crippen LogP contribution in [0.15, 0.2) is 4.99 Å². The molecule has 1 atom stereocenters. The lowest BCUT2D eigenvalue weighted by Gasteiger charge is -2.18. The maximum Gasteiger partial charge on any atom is 0.401 e. The van der Waals surface area contributed by atoms with Gasteiger partial charge in [-0.3, -0.25) is 9.89 Å². The molecule has 100 valence electrons. The van der Waals surface area contributed by atoms with Crippen molar-refractivity contribution in [3.8, 4) is 0 Å². The van der Waals surface area contributed by atoms with Crippen LogP contribution in [-0.2, 0) is 0 Å². The maximum absolute atomic E-state index is 12.2. The van der Waals surface area contributed by atoms with Gasteiger partial charge in [0.15, 0.2) is 5.96 Å². The first kappa shape index (κ1) is 14.1. The Bertz CT molecular complexity index is 265. The van der Waals surface area contributed by atoms with Crippen LogP contribution >= 0.6 is 0 Å². The second kappa shape index (κ2) is 6.09. The van der Waals surface area contributed by atoms with E-state index in [1.54, 1.807) is 14.1 Å². The fourth-order valence-corrected chi connectivity index (χ4v) is 2.00. The minimum Gasteiger partial charge on any atom is -0.359 e. The summed E-state index contributed by atoms with van der Waals surface area (Å²) in [6, 6.07) is 0. The molecule has 0 radical (unpaired) electrons. The quantitative estimate of drug-likeness (QED) is 0.573. The van der Waals surface area contributed by atoms with Gasteiger partial charge in [-0.25, -0.2) is 0 Å². The van der Waals surface area contributed by atoms with Crippen molar-refractivity contribution in [1.82, 2.24) is 15.5 Å². The molecule has 0 bridgehead atoms. The van der Waals surface area contributed by atoms with E-state index in [4.69, 9.17) is 0 Å². The van der Waals surface area contributed by atoms with E-state index in [0.29, 0.717) is 25.6 Å². The number of aliphatic imine (C=N–C) groups is 1. The molecule has 17 heavy (non-hydrogen) atoms. The lowest BCUT2D eigenvalue weighted by atomic mass is 10.1. The van der Waals surface area contributed by atoms with Crippen molar-refractivity contribution in [3.05, 3.63) is 0 Å². The van der Waals surface area contributed by atoms with Gasteiger partial charge in [0.2, 0.25) is 0 Å². The Morgan fingerprint density at radius 1 is 1.47 bits per heavy atom. The van der Waals surface area contributed by atoms with Gasteiger partial charge in [0.25, 0.3) is 0 Å². The second-order valence-corrected chi connectivity index (χ2v) is 4.21. The second-order valence-electron chi connectivity index (χ2n) is 4.21. The van der Waals surface area contributed by atoms with E-state index >= 15 is 0 Å². The average Bonchev–Trinajstić information content (AvgIpc) is 2.64. The summed E-state index contributed by atoms with van der Waals surface area (Å²) in [5.41, 5.74) is 0. The molecule has 4 nitrogen and oxygen atoms in total. The number of alkyl halides is 3. The first-order chi connectivity index (χ1) is 7.94. The van der Waals surface area contributed by atoms with Gasteiger partial charge in [-0.2, -0.15) is 13.2 Å². The predicted molar refractivity (Wildman–Crippen MR) is 61.0 cm³/mol. The first-order valence-electron chi connectivity index (χ1n) is 5.62. The lowest BCUT2D eigenvalue weighted by Crippen LogP contribution is -2.39. The molecule has 2 N–H and O–H groups in total. The third kappa shape index (κ3) is 5.25. The fourth-order valence-electron chi connectivity index (χ4n) is 2.00. The van der Waals surface area contributed by atoms with Crippen molar-refractivity contribution in [1.29, 1.82) is 0 Å². The molecule has 1 rings (SSSR count). The Kier molecular flexibility index (Phi) is 5.04. The summed E-state index contributed by atoms with van der Waals surface area (Å²) < 4.78 is 36.5. The minimum atomic E-state index is -4.09. The Balaban J connectivity index is 2.26. The highest BCUT2D eigenvalue weighted by atomic mass is 19.4. The van der Waals surface area contributed by atoms with Gasteiger partial charge >= 0.3 is 6.18 Å². The Morgan fingerprint density at radius 3 is 2.71 bits per heavy atom. The van der Waals surface area contributed by atoms with Crippen LogP contribution in [0.25, 0.3) is 0 Å². The number of hydrogen-bond donors (Lipinski definition) is 2. The number of nitrogens with zero attached hydrogens (tertiary/aromatic N) is 2. The van der Waals surface area contributed by atoms with E-state index in [9.17, 15) is 13.2 Å². The van der Waals surface area contributed by atoms with Crippen LogP contribution < -0.4 is 10.6 Å². The Labute approximate surface area is 99.3 Å². The first-order valence-corrected chi connectivity index (χ1v) is 5.62. The molecular weight excluding hydrogens is 233 g/mol. The van der Waals surface area contributed by atoms with Crippen LogP contribution in [0.2, 0.25) is 0 Å². The van der Waals surface area contributed by atoms with Crippen molar-refractivity contribution < 1.29 is 13.2 Å². The van der Waals surface area contributed by atoms with Crippen LogP contribution in [0.3, 0.4) is 0 Å². The van der Waals surface area contributed by atoms with Crippen molar-refractivity contribution >= 4 is 5.96 Å². The monoisotopic (exact) mass is 252 g/mol. The van der Waals surface area contributed by atoms with Crippen molar-refractivity contribution in [2.45, 2.75) is 12.6 Å². The Morgan fingerprint density at radius 2 is 2.18 bits per heavy atom. The molecule has 7 heteroatoms. The summed E-state index contributed by atoms with van der Waals surface area (Å²) in [4.78, 5) is 5.40. The van der Waals surface area contributed by atoms with E-state index in [1.807, 2.05) is 0 Å². The average molecular weight is 252 g/mol. The van der Waals surface area contributed by atoms with E-state index < -0.39 is 12.7 Å². The summed E-state index contributed by atoms with van der Waals surface area (Å²) in [5, 5.41) is 5.95. The topological polar surface area (TPSA) is 39.7 Å². The molecule has 1 saturated heterocycles. The SMILES string of the molecule is CN=C(NC)NCC1CCN(CC(F)(F)F)C1. The highest BCUT2D eigenvalue weighted by molar-refractivity contribution is 5.79. The van der Waals surface area contributed by atoms with Gasteiger partial charge in [0, 0.05) is 27.2 Å². The van der Waals surface area contributed by atoms with Crippen molar-refractivity contribution in [2.24, 2.45) is 10.9 Å². The highest BCUT2D eigenvalue weighted by Crippen LogP contribution is 2.22. The molecule has 1 aliphatic rings. The third-order valence-electron chi connectivity index (χ3n) is 2.79. The van der Waals surface area contributed by atoms with Crippen LogP contribution in [0, 0.1) is 5.92 Å². The molecular formula is C10H19F3N4. The summed E-state index contributed by atoms with van der Waals surface area (Å²) in [6.07, 6.45) is -3.30. The Hall–Kier alpha value is -0.980. The van der Waals surface area contributed by atoms with Gasteiger partial charge in [0.05, 0.1) is 6.54 Å². The van der Waals surface area contributed by atoms with Crippen molar-refractivity contribution in [2.75, 3.05) is 40.3 Å². The summed E-state index contributed by atoms with van der Waals surface area (Å²) >= 11 is 0. The van der Waals surface area contributed by atoms with Crippen LogP contribution in [0.1, 0.15) is 6.42 Å². The molecule has 0 aromatic heterocycles. The molecule has 1 heterocycles. The molecule has 1 unspecified atom stereocenters. The predicted octanol–water partition coefficient (Wildman–Crippen LogP) is 0.665. The van der Waals surface area contributed by atoms with E-state index in [2.05, 4.69) is 15.6 Å². The number of guanidine groups is 1. The van der Waals surface area contributed by atoms with Gasteiger partial charge in [-0.05, 0) is 18.9 Å². The van der Waals surface area contributed by atoms with E-state index in [0.717, 1.165) is 6.42 Å². The summed E-state index contributed by atoms with van der Waals surface area (Å²) in [6.45, 7) is 0.864. The third-order valence-corrected chi connectivity index (χ3v) is 2.79. The smallest absolute Gasteiger partial charge is 0.359 e. The number of nitrogens with one attached hydrogen (secondary N) is 2. The van der Waals surface area contributed by atoms with Crippen LogP contribution in [-0.4, -0.2) is 57.3 Å². The number of halogens is 3. The molecule has 1 aliphatic heterocycles. The van der Waals surface area contributed by atoms with Gasteiger partial charge in [0.1, 0.15) is 0 Å². The lowest BCUT2D eigenvalue weighted by molar-refractivity contribution is -0.143. The van der Waals surface area contributed by atoms with Gasteiger partial charge in [-0.1, -0.05) is 0 Å². The fraction of sp³-hybridized carbons (Fsp3) is 0.900. The molecule has 0 saturated carbocycles. The zero-order chi connectivity index (χ0) is 12.9. The van der Waals surface area contributed by atoms with Crippen molar-refractivity contribution in [3.63, 3.8) is 0 Å². The molecule has 0 aromatic rings. The zero-order valence-electron chi connectivity index (χ0n) is 10.1. The normalized spacial score (nSPS) is 22.9. The minimum absolute atomic E-state index is 0.252. The standard InChI is InChI=1S/C10H19F3N4/c1-14-9(15-2)16-5-8-3-4-17(6-8)7-10(11,12)13/h8H,3-7H2,1-2H3,(H2,14,15,16). The van der Waals surface area contributed by atoms with E-state index in [-0.39, 0.29) is 5.92 Å². The molecule has 0 spiro atoms. The number of hydrogen-bond acceptors (Lipinski definition) is 2. The highest BCUT2D eigenvalue weighted by Gasteiger charge is 2.34. The molecule has 0 amide bonds. The van der Waals surface area contributed by atoms with Gasteiger partial charge < -0.3 is 10.6 Å². The zero-order valence-corrected chi connectivity index (χ0v) is 10.1. The number of likely N-dealkylation sites (tertiary alicyclic amines) is 1. The van der Waals surface area contributed by atoms with Crippen LogP contribution in [0.5, 0.6) is 0 Å². The van der Waals surface area contributed by atoms with Gasteiger partial charge in [-0.15, -0.1) is 0 Å². The maximum atomic E-state index is 12.2. The largest absolute Gasteiger partial charge is 0.401 e. The summed E-state index contributed by atoms with van der Waals surface area (Å²) in [5.74, 6) is 0.918. The molecule has 0 aromatic carbocycles. The number of rotatable bonds is 3. The summed E-state index contributed by atoms with van der Waals surface area (Å²) in [7, 11) is 3.41.